The number of hydrogen-bond acceptors (Lipinski definition) is 3. The summed E-state index contributed by atoms with van der Waals surface area (Å²) in [6.07, 6.45) is 4.93. The summed E-state index contributed by atoms with van der Waals surface area (Å²) in [6.45, 7) is 3.80. The van der Waals surface area contributed by atoms with Crippen LogP contribution in [0.5, 0.6) is 5.75 Å². The van der Waals surface area contributed by atoms with E-state index in [4.69, 9.17) is 16.3 Å². The van der Waals surface area contributed by atoms with E-state index in [9.17, 15) is 4.79 Å². The number of methoxy groups -OCH3 is 1. The summed E-state index contributed by atoms with van der Waals surface area (Å²) in [6, 6.07) is 7.68. The number of aryl methyl sites for hydroxylation is 1. The van der Waals surface area contributed by atoms with Gasteiger partial charge in [0.15, 0.2) is 0 Å². The van der Waals surface area contributed by atoms with Crippen LogP contribution in [0.1, 0.15) is 31.9 Å². The van der Waals surface area contributed by atoms with E-state index in [1.54, 1.807) is 24.9 Å². The monoisotopic (exact) mass is 335 g/mol. The molecule has 1 aromatic carbocycles. The molecule has 0 aliphatic carbocycles. The van der Waals surface area contributed by atoms with Crippen molar-refractivity contribution in [1.29, 1.82) is 0 Å². The molecule has 0 aliphatic rings. The smallest absolute Gasteiger partial charge is 0.244 e. The number of benzene rings is 1. The lowest BCUT2D eigenvalue weighted by atomic mass is 10.1. The average Bonchev–Trinajstić information content (AvgIpc) is 2.99. The highest BCUT2D eigenvalue weighted by atomic mass is 35.5. The first-order valence-corrected chi connectivity index (χ1v) is 8.00. The highest BCUT2D eigenvalue weighted by Crippen LogP contribution is 2.14. The van der Waals surface area contributed by atoms with Crippen molar-refractivity contribution in [1.82, 2.24) is 15.1 Å². The quantitative estimate of drug-likeness (QED) is 0.845. The fourth-order valence-corrected chi connectivity index (χ4v) is 2.40. The maximum Gasteiger partial charge on any atom is 0.244 e. The maximum absolute atomic E-state index is 12.2. The fraction of sp³-hybridized carbons (Fsp3) is 0.412. The molecular formula is C17H22ClN3O2. The highest BCUT2D eigenvalue weighted by molar-refractivity contribution is 6.30. The number of ether oxygens (including phenoxy) is 1. The Kier molecular flexibility index (Phi) is 6.04. The zero-order chi connectivity index (χ0) is 16.8. The molecule has 5 nitrogen and oxygen atoms in total. The lowest BCUT2D eigenvalue weighted by Gasteiger charge is -2.18. The van der Waals surface area contributed by atoms with Crippen molar-refractivity contribution in [2.24, 2.45) is 0 Å². The van der Waals surface area contributed by atoms with Gasteiger partial charge in [-0.2, -0.15) is 5.10 Å². The van der Waals surface area contributed by atoms with E-state index in [1.165, 1.54) is 11.8 Å². The van der Waals surface area contributed by atoms with Crippen LogP contribution in [0.3, 0.4) is 0 Å². The topological polar surface area (TPSA) is 56.1 Å². The van der Waals surface area contributed by atoms with Gasteiger partial charge in [0.05, 0.1) is 18.3 Å². The van der Waals surface area contributed by atoms with Crippen LogP contribution in [0.25, 0.3) is 0 Å². The van der Waals surface area contributed by atoms with Crippen molar-refractivity contribution in [3.8, 4) is 5.75 Å². The number of carbonyl (C=O) groups is 1. The number of halogens is 1. The van der Waals surface area contributed by atoms with E-state index in [-0.39, 0.29) is 18.0 Å². The standard InChI is InChI=1S/C17H22ClN3O2/c1-12(4-5-14-6-8-16(23-3)9-7-14)20-17(22)13(2)21-11-15(18)10-19-21/h6-13H,4-5H2,1-3H3,(H,20,22)/t12-,13-/m1/s1. The Morgan fingerprint density at radius 3 is 2.61 bits per heavy atom. The van der Waals surface area contributed by atoms with Crippen molar-refractivity contribution >= 4 is 17.5 Å². The number of hydrogen-bond donors (Lipinski definition) is 1. The SMILES string of the molecule is COc1ccc(CC[C@@H](C)NC(=O)[C@@H](C)n2cc(Cl)cn2)cc1. The van der Waals surface area contributed by atoms with Gasteiger partial charge in [0.2, 0.25) is 5.91 Å². The molecule has 1 amide bonds. The van der Waals surface area contributed by atoms with Gasteiger partial charge in [0.1, 0.15) is 11.8 Å². The lowest BCUT2D eigenvalue weighted by molar-refractivity contribution is -0.124. The van der Waals surface area contributed by atoms with Gasteiger partial charge in [0.25, 0.3) is 0 Å². The van der Waals surface area contributed by atoms with Crippen LogP contribution in [0.4, 0.5) is 0 Å². The van der Waals surface area contributed by atoms with Crippen LogP contribution in [-0.4, -0.2) is 28.8 Å². The molecule has 0 unspecified atom stereocenters. The van der Waals surface area contributed by atoms with Gasteiger partial charge in [0, 0.05) is 12.2 Å². The number of amides is 1. The summed E-state index contributed by atoms with van der Waals surface area (Å²) in [4.78, 5) is 12.2. The normalized spacial score (nSPS) is 13.4. The van der Waals surface area contributed by atoms with Crippen LogP contribution in [0.2, 0.25) is 5.02 Å². The Balaban J connectivity index is 1.81. The van der Waals surface area contributed by atoms with Crippen molar-refractivity contribution in [2.75, 3.05) is 7.11 Å². The molecule has 0 spiro atoms. The van der Waals surface area contributed by atoms with E-state index in [0.717, 1.165) is 18.6 Å². The third-order valence-corrected chi connectivity index (χ3v) is 3.96. The van der Waals surface area contributed by atoms with E-state index in [1.807, 2.05) is 31.2 Å². The molecule has 1 N–H and O–H groups in total. The summed E-state index contributed by atoms with van der Waals surface area (Å²) in [5.74, 6) is 0.786. The number of rotatable bonds is 7. The Bertz CT molecular complexity index is 640. The second-order valence-corrected chi connectivity index (χ2v) is 6.05. The van der Waals surface area contributed by atoms with Crippen LogP contribution in [0.15, 0.2) is 36.7 Å². The zero-order valence-corrected chi connectivity index (χ0v) is 14.4. The van der Waals surface area contributed by atoms with Crippen LogP contribution in [-0.2, 0) is 11.2 Å². The van der Waals surface area contributed by atoms with Crippen molar-refractivity contribution in [2.45, 2.75) is 38.8 Å². The molecule has 2 rings (SSSR count). The van der Waals surface area contributed by atoms with Crippen molar-refractivity contribution in [3.63, 3.8) is 0 Å². The molecule has 0 bridgehead atoms. The van der Waals surface area contributed by atoms with Gasteiger partial charge in [-0.05, 0) is 44.4 Å². The number of carbonyl (C=O) groups excluding carboxylic acids is 1. The predicted octanol–water partition coefficient (Wildman–Crippen LogP) is 3.24. The van der Waals surface area contributed by atoms with Gasteiger partial charge in [-0.3, -0.25) is 9.48 Å². The molecule has 0 aliphatic heterocycles. The van der Waals surface area contributed by atoms with E-state index in [2.05, 4.69) is 10.4 Å². The van der Waals surface area contributed by atoms with E-state index < -0.39 is 0 Å². The van der Waals surface area contributed by atoms with E-state index in [0.29, 0.717) is 5.02 Å². The van der Waals surface area contributed by atoms with Crippen molar-refractivity contribution < 1.29 is 9.53 Å². The Hall–Kier alpha value is -2.01. The molecule has 1 heterocycles. The number of nitrogens with zero attached hydrogens (tertiary/aromatic N) is 2. The Morgan fingerprint density at radius 2 is 2.04 bits per heavy atom. The Labute approximate surface area is 141 Å². The van der Waals surface area contributed by atoms with Crippen LogP contribution < -0.4 is 10.1 Å². The minimum absolute atomic E-state index is 0.0630. The summed E-state index contributed by atoms with van der Waals surface area (Å²) in [5, 5.41) is 7.60. The molecule has 6 heteroatoms. The predicted molar refractivity (Wildman–Crippen MR) is 90.9 cm³/mol. The number of nitrogens with one attached hydrogen (secondary N) is 1. The van der Waals surface area contributed by atoms with E-state index >= 15 is 0 Å². The third kappa shape index (κ3) is 4.99. The molecule has 2 aromatic rings. The summed E-state index contributed by atoms with van der Waals surface area (Å²) in [5.41, 5.74) is 1.22. The Morgan fingerprint density at radius 1 is 1.35 bits per heavy atom. The van der Waals surface area contributed by atoms with Gasteiger partial charge in [-0.25, -0.2) is 0 Å². The van der Waals surface area contributed by atoms with Gasteiger partial charge >= 0.3 is 0 Å². The molecule has 0 saturated heterocycles. The highest BCUT2D eigenvalue weighted by Gasteiger charge is 2.17. The average molecular weight is 336 g/mol. The fourth-order valence-electron chi connectivity index (χ4n) is 2.26. The second kappa shape index (κ2) is 8.02. The molecule has 0 radical (unpaired) electrons. The molecular weight excluding hydrogens is 314 g/mol. The first kappa shape index (κ1) is 17.3. The maximum atomic E-state index is 12.2. The van der Waals surface area contributed by atoms with Crippen molar-refractivity contribution in [3.05, 3.63) is 47.2 Å². The summed E-state index contributed by atoms with van der Waals surface area (Å²) >= 11 is 5.83. The summed E-state index contributed by atoms with van der Waals surface area (Å²) < 4.78 is 6.71. The molecule has 0 fully saturated rings. The number of aromatic nitrogens is 2. The largest absolute Gasteiger partial charge is 0.497 e. The minimum atomic E-state index is -0.383. The van der Waals surface area contributed by atoms with Gasteiger partial charge < -0.3 is 10.1 Å². The van der Waals surface area contributed by atoms with Gasteiger partial charge in [-0.1, -0.05) is 23.7 Å². The molecule has 23 heavy (non-hydrogen) atoms. The van der Waals surface area contributed by atoms with Crippen LogP contribution in [0, 0.1) is 0 Å². The first-order chi connectivity index (χ1) is 11.0. The minimum Gasteiger partial charge on any atom is -0.497 e. The third-order valence-electron chi connectivity index (χ3n) is 3.76. The lowest BCUT2D eigenvalue weighted by Crippen LogP contribution is -2.37. The van der Waals surface area contributed by atoms with Gasteiger partial charge in [-0.15, -0.1) is 0 Å². The second-order valence-electron chi connectivity index (χ2n) is 5.61. The zero-order valence-electron chi connectivity index (χ0n) is 13.6. The molecule has 0 saturated carbocycles. The summed E-state index contributed by atoms with van der Waals surface area (Å²) in [7, 11) is 1.65. The first-order valence-electron chi connectivity index (χ1n) is 7.62. The molecule has 1 aromatic heterocycles. The van der Waals surface area contributed by atoms with Crippen LogP contribution >= 0.6 is 11.6 Å². The molecule has 124 valence electrons. The molecule has 2 atom stereocenters.